The number of nitrogens with two attached hydrogens (primary N) is 1. The quantitative estimate of drug-likeness (QED) is 0.389. The topological polar surface area (TPSA) is 26.0 Å². The van der Waals surface area contributed by atoms with Gasteiger partial charge in [-0.15, -0.1) is 0 Å². The highest BCUT2D eigenvalue weighted by Crippen LogP contribution is 1.17. The average molecular weight is 100 g/mol. The fraction of sp³-hybridized carbons (Fsp3) is 0. The molecule has 4 heavy (non-hydrogen) atoms. The zero-order valence-corrected chi connectivity index (χ0v) is 5.08. The SMILES string of the molecule is N[Si][Si][Si]. The summed E-state index contributed by atoms with van der Waals surface area (Å²) in [6, 6.07) is 0. The molecule has 0 saturated heterocycles. The summed E-state index contributed by atoms with van der Waals surface area (Å²) in [5.41, 5.74) is 0. The Labute approximate surface area is 33.7 Å². The van der Waals surface area contributed by atoms with Crippen LogP contribution in [-0.4, -0.2) is 27.5 Å². The van der Waals surface area contributed by atoms with Crippen molar-refractivity contribution >= 4 is 27.5 Å². The van der Waals surface area contributed by atoms with Crippen molar-refractivity contribution in [2.24, 2.45) is 5.40 Å². The molecule has 0 amide bonds. The summed E-state index contributed by atoms with van der Waals surface area (Å²) < 4.78 is 0. The van der Waals surface area contributed by atoms with E-state index in [-0.39, 0.29) is 0 Å². The maximum absolute atomic E-state index is 5.02. The molecule has 7 radical (unpaired) electrons. The molecule has 0 spiro atoms. The summed E-state index contributed by atoms with van der Waals surface area (Å²) in [5, 5.41) is 5.02. The van der Waals surface area contributed by atoms with Crippen LogP contribution in [0.25, 0.3) is 0 Å². The smallest absolute Gasteiger partial charge is 0.110 e. The molecular weight excluding hydrogens is 98.3 g/mol. The van der Waals surface area contributed by atoms with Crippen molar-refractivity contribution in [3.8, 4) is 0 Å². The Morgan fingerprint density at radius 1 is 1.75 bits per heavy atom. The minimum atomic E-state index is 0.582. The van der Waals surface area contributed by atoms with E-state index >= 15 is 0 Å². The molecule has 0 bridgehead atoms. The van der Waals surface area contributed by atoms with Gasteiger partial charge < -0.3 is 5.40 Å². The van der Waals surface area contributed by atoms with E-state index in [1.165, 1.54) is 0 Å². The lowest BCUT2D eigenvalue weighted by molar-refractivity contribution is 1.98. The lowest BCUT2D eigenvalue weighted by atomic mass is 13.9. The molecule has 0 aromatic carbocycles. The summed E-state index contributed by atoms with van der Waals surface area (Å²) in [6.07, 6.45) is 0. The van der Waals surface area contributed by atoms with Crippen molar-refractivity contribution in [2.75, 3.05) is 0 Å². The minimum absolute atomic E-state index is 0.582. The maximum Gasteiger partial charge on any atom is 0.110 e. The Balaban J connectivity index is 1.97. The number of hydrogen-bond donors (Lipinski definition) is 1. The summed E-state index contributed by atoms with van der Waals surface area (Å²) in [5.74, 6) is 0. The first-order chi connectivity index (χ1) is 1.91. The molecule has 2 N–H and O–H groups in total. The highest BCUT2D eigenvalue weighted by molar-refractivity contribution is 7.22. The lowest BCUT2D eigenvalue weighted by Gasteiger charge is -1.63. The van der Waals surface area contributed by atoms with Crippen LogP contribution in [0.5, 0.6) is 0 Å². The standard InChI is InChI=1S/H2NSi3/c1-3-4-2/h1H2. The molecule has 0 aliphatic carbocycles. The van der Waals surface area contributed by atoms with Gasteiger partial charge in [-0.1, -0.05) is 0 Å². The molecule has 0 heterocycles. The Morgan fingerprint density at radius 3 is 2.00 bits per heavy atom. The first-order valence-corrected chi connectivity index (χ1v) is 5.37. The van der Waals surface area contributed by atoms with Crippen molar-refractivity contribution in [1.29, 1.82) is 0 Å². The van der Waals surface area contributed by atoms with Gasteiger partial charge in [0, 0.05) is 18.3 Å². The van der Waals surface area contributed by atoms with E-state index in [0.29, 0.717) is 9.20 Å². The van der Waals surface area contributed by atoms with Crippen LogP contribution in [0.2, 0.25) is 0 Å². The molecule has 0 saturated carbocycles. The third-order valence-corrected chi connectivity index (χ3v) is 1.95. The summed E-state index contributed by atoms with van der Waals surface area (Å²) in [7, 11) is 4.54. The highest BCUT2D eigenvalue weighted by Gasteiger charge is 1.63. The Kier molecular flexibility index (Phi) is 4.16. The number of hydrogen-bond acceptors (Lipinski definition) is 1. The van der Waals surface area contributed by atoms with Gasteiger partial charge in [-0.25, -0.2) is 0 Å². The van der Waals surface area contributed by atoms with Crippen LogP contribution >= 0.6 is 0 Å². The maximum atomic E-state index is 5.02. The van der Waals surface area contributed by atoms with Crippen molar-refractivity contribution in [3.63, 3.8) is 0 Å². The molecule has 0 aliphatic rings. The van der Waals surface area contributed by atoms with Crippen LogP contribution in [0, 0.1) is 0 Å². The van der Waals surface area contributed by atoms with E-state index in [4.69, 9.17) is 5.40 Å². The summed E-state index contributed by atoms with van der Waals surface area (Å²) in [6.45, 7) is 0. The van der Waals surface area contributed by atoms with Gasteiger partial charge in [0.25, 0.3) is 0 Å². The Bertz CT molecular complexity index is 5.25. The van der Waals surface area contributed by atoms with Crippen LogP contribution in [0.1, 0.15) is 0 Å². The van der Waals surface area contributed by atoms with E-state index in [0.717, 1.165) is 8.55 Å². The van der Waals surface area contributed by atoms with Gasteiger partial charge in [0.05, 0.1) is 0 Å². The summed E-state index contributed by atoms with van der Waals surface area (Å²) >= 11 is 0. The molecule has 19 valence electrons. The third kappa shape index (κ3) is 2.61. The molecule has 0 rings (SSSR count). The van der Waals surface area contributed by atoms with Crippen molar-refractivity contribution < 1.29 is 0 Å². The normalized spacial score (nSPS) is 7.50. The van der Waals surface area contributed by atoms with Gasteiger partial charge in [0.15, 0.2) is 0 Å². The fourth-order valence-electron chi connectivity index (χ4n) is 0. The average Bonchev–Trinajstić information content (AvgIpc) is 1.37. The lowest BCUT2D eigenvalue weighted by Crippen LogP contribution is -2.13. The molecule has 0 unspecified atom stereocenters. The Morgan fingerprint density at radius 2 is 2.00 bits per heavy atom. The minimum Gasteiger partial charge on any atom is -0.355 e. The first-order valence-electron chi connectivity index (χ1n) is 0.789. The second kappa shape index (κ2) is 3.61. The zero-order valence-electron chi connectivity index (χ0n) is 2.08. The second-order valence-corrected chi connectivity index (χ2v) is 4.67. The van der Waals surface area contributed by atoms with Gasteiger partial charge in [-0.3, -0.25) is 0 Å². The molecule has 0 aromatic rings. The number of rotatable bonds is 1. The van der Waals surface area contributed by atoms with E-state index < -0.39 is 0 Å². The first kappa shape index (κ1) is 4.61. The van der Waals surface area contributed by atoms with E-state index in [9.17, 15) is 0 Å². The zero-order chi connectivity index (χ0) is 3.41. The van der Waals surface area contributed by atoms with Crippen molar-refractivity contribution in [3.05, 3.63) is 0 Å². The monoisotopic (exact) mass is 99.9 g/mol. The van der Waals surface area contributed by atoms with Crippen LogP contribution in [0.4, 0.5) is 0 Å². The molecule has 0 fully saturated rings. The second-order valence-electron chi connectivity index (χ2n) is 0.269. The van der Waals surface area contributed by atoms with Gasteiger partial charge in [0.1, 0.15) is 9.20 Å². The van der Waals surface area contributed by atoms with Gasteiger partial charge >= 0.3 is 0 Å². The van der Waals surface area contributed by atoms with Gasteiger partial charge in [-0.05, 0) is 0 Å². The molecule has 4 heteroatoms. The van der Waals surface area contributed by atoms with Gasteiger partial charge in [-0.2, -0.15) is 0 Å². The van der Waals surface area contributed by atoms with Crippen LogP contribution < -0.4 is 5.40 Å². The Hall–Kier alpha value is 0.611. The van der Waals surface area contributed by atoms with Crippen LogP contribution in [0.3, 0.4) is 0 Å². The highest BCUT2D eigenvalue weighted by atomic mass is 29.5. The van der Waals surface area contributed by atoms with E-state index in [1.54, 1.807) is 0 Å². The molecule has 0 aliphatic heterocycles. The van der Waals surface area contributed by atoms with Gasteiger partial charge in [0.2, 0.25) is 0 Å². The summed E-state index contributed by atoms with van der Waals surface area (Å²) in [4.78, 5) is 0. The van der Waals surface area contributed by atoms with Crippen LogP contribution in [-0.2, 0) is 0 Å². The van der Waals surface area contributed by atoms with Crippen molar-refractivity contribution in [1.82, 2.24) is 0 Å². The van der Waals surface area contributed by atoms with Crippen molar-refractivity contribution in [2.45, 2.75) is 0 Å². The predicted octanol–water partition coefficient (Wildman–Crippen LogP) is -1.73. The largest absolute Gasteiger partial charge is 0.355 e. The van der Waals surface area contributed by atoms with E-state index in [1.807, 2.05) is 0 Å². The van der Waals surface area contributed by atoms with Crippen LogP contribution in [0.15, 0.2) is 0 Å². The molecule has 0 atom stereocenters. The fourth-order valence-corrected chi connectivity index (χ4v) is 0. The molecule has 1 nitrogen and oxygen atoms in total. The van der Waals surface area contributed by atoms with E-state index in [2.05, 4.69) is 9.76 Å². The third-order valence-electron chi connectivity index (χ3n) is 0.0722. The predicted molar refractivity (Wildman–Crippen MR) is 21.4 cm³/mol. The molecular formula is H2NSi3. The molecule has 0 aromatic heterocycles.